The monoisotopic (exact) mass is 287 g/mol. The topological polar surface area (TPSA) is 265 Å². The van der Waals surface area contributed by atoms with Gasteiger partial charge in [-0.3, -0.25) is 9.59 Å². The lowest BCUT2D eigenvalue weighted by Crippen LogP contribution is -2.42. The van der Waals surface area contributed by atoms with Crippen molar-refractivity contribution in [2.45, 2.75) is 18.4 Å². The highest BCUT2D eigenvalue weighted by atomic mass is 16.4. The van der Waals surface area contributed by atoms with Crippen molar-refractivity contribution in [3.8, 4) is 0 Å². The maximum absolute atomic E-state index is 10.3. The maximum atomic E-state index is 10.3. The van der Waals surface area contributed by atoms with E-state index in [2.05, 4.69) is 5.73 Å². The van der Waals surface area contributed by atoms with Crippen molar-refractivity contribution < 1.29 is 44.7 Å². The second kappa shape index (κ2) is 10.7. The summed E-state index contributed by atoms with van der Waals surface area (Å²) in [6.45, 7) is 0. The molecule has 0 aliphatic carbocycles. The van der Waals surface area contributed by atoms with Gasteiger partial charge in [-0.15, -0.1) is 0 Å². The van der Waals surface area contributed by atoms with E-state index in [1.807, 2.05) is 0 Å². The molecule has 0 aromatic carbocycles. The first kappa shape index (κ1) is 25.4. The summed E-state index contributed by atoms with van der Waals surface area (Å²) in [6.07, 6.45) is -3.62. The number of rotatable bonds is 5. The van der Waals surface area contributed by atoms with Crippen LogP contribution in [0, 0.1) is 0 Å². The molecular weight excluding hydrogens is 270 g/mol. The van der Waals surface area contributed by atoms with Crippen molar-refractivity contribution in [3.05, 3.63) is 0 Å². The SMILES string of the molecule is N.N.NC(=O)O.O=C(O)CC(O)(CC(=O)O)C(=O)O. The summed E-state index contributed by atoms with van der Waals surface area (Å²) in [4.78, 5) is 39.3. The Bertz CT molecular complexity index is 310. The molecule has 13 N–H and O–H groups in total. The van der Waals surface area contributed by atoms with E-state index < -0.39 is 42.4 Å². The highest BCUT2D eigenvalue weighted by molar-refractivity contribution is 5.88. The molecule has 0 aliphatic rings. The van der Waals surface area contributed by atoms with Crippen LogP contribution >= 0.6 is 0 Å². The molecule has 0 fully saturated rings. The Hall–Kier alpha value is -2.44. The molecule has 0 unspecified atom stereocenters. The van der Waals surface area contributed by atoms with E-state index in [1.54, 1.807) is 0 Å². The summed E-state index contributed by atoms with van der Waals surface area (Å²) >= 11 is 0. The van der Waals surface area contributed by atoms with Crippen LogP contribution in [0.4, 0.5) is 4.79 Å². The Kier molecular flexibility index (Phi) is 14.3. The smallest absolute Gasteiger partial charge is 0.402 e. The second-order valence-electron chi connectivity index (χ2n) is 2.82. The number of carboxylic acids is 3. The van der Waals surface area contributed by atoms with Crippen LogP contribution < -0.4 is 18.0 Å². The standard InChI is InChI=1S/C6H8O7.CH3NO2.2H3N/c7-3(8)1-6(13,5(11)12)2-4(9)10;2-1(3)4;;/h13H,1-2H2,(H,7,8)(H,9,10)(H,11,12);2H2,(H,3,4);2*1H3. The molecule has 114 valence electrons. The van der Waals surface area contributed by atoms with Crippen LogP contribution in [0.25, 0.3) is 0 Å². The Balaban J connectivity index is -0.000000165. The van der Waals surface area contributed by atoms with Crippen LogP contribution in [0.1, 0.15) is 12.8 Å². The number of aliphatic carboxylic acids is 3. The van der Waals surface area contributed by atoms with E-state index in [4.69, 9.17) is 30.3 Å². The molecule has 0 aromatic heterocycles. The predicted molar refractivity (Wildman–Crippen MR) is 59.3 cm³/mol. The van der Waals surface area contributed by atoms with E-state index in [0.29, 0.717) is 0 Å². The molecule has 12 heteroatoms. The number of primary amides is 1. The summed E-state index contributed by atoms with van der Waals surface area (Å²) in [5.74, 6) is -5.02. The number of hydrogen-bond acceptors (Lipinski definition) is 7. The molecule has 0 spiro atoms. The highest BCUT2D eigenvalue weighted by Crippen LogP contribution is 2.15. The van der Waals surface area contributed by atoms with Gasteiger partial charge in [0, 0.05) is 0 Å². The van der Waals surface area contributed by atoms with Crippen LogP contribution in [0.15, 0.2) is 0 Å². The van der Waals surface area contributed by atoms with Gasteiger partial charge in [-0.2, -0.15) is 0 Å². The minimum absolute atomic E-state index is 0. The van der Waals surface area contributed by atoms with E-state index in [0.717, 1.165) is 0 Å². The Morgan fingerprint density at radius 2 is 1.05 bits per heavy atom. The molecule has 0 rings (SSSR count). The van der Waals surface area contributed by atoms with Crippen LogP contribution in [0.3, 0.4) is 0 Å². The first-order chi connectivity index (χ1) is 7.51. The molecule has 19 heavy (non-hydrogen) atoms. The van der Waals surface area contributed by atoms with Gasteiger partial charge >= 0.3 is 24.0 Å². The third kappa shape index (κ3) is 15.6. The van der Waals surface area contributed by atoms with Crippen LogP contribution in [0.2, 0.25) is 0 Å². The van der Waals surface area contributed by atoms with Gasteiger partial charge in [0.2, 0.25) is 0 Å². The average Bonchev–Trinajstić information content (AvgIpc) is 1.98. The zero-order valence-corrected chi connectivity index (χ0v) is 9.77. The van der Waals surface area contributed by atoms with Crippen LogP contribution in [0.5, 0.6) is 0 Å². The number of hydrogen-bond donors (Lipinski definition) is 8. The van der Waals surface area contributed by atoms with Gasteiger partial charge in [0.15, 0.2) is 5.60 Å². The van der Waals surface area contributed by atoms with Crippen molar-refractivity contribution in [3.63, 3.8) is 0 Å². The molecular formula is C7H17N3O9. The summed E-state index contributed by atoms with van der Waals surface area (Å²) in [6, 6.07) is 0. The van der Waals surface area contributed by atoms with Gasteiger partial charge in [-0.25, -0.2) is 9.59 Å². The lowest BCUT2D eigenvalue weighted by molar-refractivity contribution is -0.170. The maximum Gasteiger partial charge on any atom is 0.402 e. The van der Waals surface area contributed by atoms with Crippen molar-refractivity contribution in [2.75, 3.05) is 0 Å². The minimum Gasteiger partial charge on any atom is -0.481 e. The van der Waals surface area contributed by atoms with Gasteiger partial charge in [0.1, 0.15) is 0 Å². The van der Waals surface area contributed by atoms with Crippen LogP contribution in [-0.2, 0) is 14.4 Å². The molecule has 0 saturated heterocycles. The number of carboxylic acid groups (broad SMARTS) is 4. The third-order valence-electron chi connectivity index (χ3n) is 1.29. The first-order valence-corrected chi connectivity index (χ1v) is 3.89. The Labute approximate surface area is 106 Å². The lowest BCUT2D eigenvalue weighted by Gasteiger charge is -2.18. The normalized spacial score (nSPS) is 8.68. The predicted octanol–water partition coefficient (Wildman–Crippen LogP) is -1.30. The lowest BCUT2D eigenvalue weighted by atomic mass is 9.96. The van der Waals surface area contributed by atoms with Gasteiger partial charge in [0.25, 0.3) is 0 Å². The number of aliphatic hydroxyl groups is 1. The fourth-order valence-electron chi connectivity index (χ4n) is 0.714. The first-order valence-electron chi connectivity index (χ1n) is 3.89. The Morgan fingerprint density at radius 3 is 1.16 bits per heavy atom. The Morgan fingerprint density at radius 1 is 0.842 bits per heavy atom. The molecule has 0 atom stereocenters. The molecule has 0 aliphatic heterocycles. The van der Waals surface area contributed by atoms with Gasteiger partial charge in [-0.1, -0.05) is 0 Å². The quantitative estimate of drug-likeness (QED) is 0.294. The van der Waals surface area contributed by atoms with Crippen molar-refractivity contribution >= 4 is 24.0 Å². The summed E-state index contributed by atoms with van der Waals surface area (Å²) in [5, 5.41) is 41.0. The van der Waals surface area contributed by atoms with Gasteiger partial charge < -0.3 is 43.6 Å². The van der Waals surface area contributed by atoms with E-state index >= 15 is 0 Å². The van der Waals surface area contributed by atoms with Crippen molar-refractivity contribution in [1.82, 2.24) is 12.3 Å². The third-order valence-corrected chi connectivity index (χ3v) is 1.29. The molecule has 0 radical (unpaired) electrons. The van der Waals surface area contributed by atoms with Gasteiger partial charge in [-0.05, 0) is 0 Å². The fraction of sp³-hybridized carbons (Fsp3) is 0.429. The second-order valence-corrected chi connectivity index (χ2v) is 2.82. The largest absolute Gasteiger partial charge is 0.481 e. The van der Waals surface area contributed by atoms with E-state index in [9.17, 15) is 14.4 Å². The van der Waals surface area contributed by atoms with Crippen molar-refractivity contribution in [2.24, 2.45) is 5.73 Å². The van der Waals surface area contributed by atoms with Crippen molar-refractivity contribution in [1.29, 1.82) is 0 Å². The van der Waals surface area contributed by atoms with E-state index in [1.165, 1.54) is 0 Å². The highest BCUT2D eigenvalue weighted by Gasteiger charge is 2.40. The number of nitrogens with two attached hydrogens (primary N) is 1. The number of amides is 1. The molecule has 0 heterocycles. The summed E-state index contributed by atoms with van der Waals surface area (Å²) in [7, 11) is 0. The van der Waals surface area contributed by atoms with Gasteiger partial charge in [0.05, 0.1) is 12.8 Å². The fourth-order valence-corrected chi connectivity index (χ4v) is 0.714. The molecule has 0 bridgehead atoms. The summed E-state index contributed by atoms with van der Waals surface area (Å²) < 4.78 is 0. The molecule has 1 amide bonds. The average molecular weight is 287 g/mol. The number of carbonyl (C=O) groups is 4. The molecule has 12 nitrogen and oxygen atoms in total. The minimum atomic E-state index is -2.74. The zero-order chi connectivity index (χ0) is 14.2. The summed E-state index contributed by atoms with van der Waals surface area (Å²) in [5.41, 5.74) is 1.29. The molecule has 0 saturated carbocycles. The zero-order valence-electron chi connectivity index (χ0n) is 9.77. The van der Waals surface area contributed by atoms with Crippen LogP contribution in [-0.4, -0.2) is 55.1 Å². The molecule has 0 aromatic rings. The van der Waals surface area contributed by atoms with E-state index in [-0.39, 0.29) is 12.3 Å².